The highest BCUT2D eigenvalue weighted by molar-refractivity contribution is 5.94. The highest BCUT2D eigenvalue weighted by Gasteiger charge is 2.24. The maximum atomic E-state index is 5.59. The van der Waals surface area contributed by atoms with Gasteiger partial charge in [-0.15, -0.1) is 0 Å². The predicted molar refractivity (Wildman–Crippen MR) is 245 cm³/mol. The molecule has 0 amide bonds. The van der Waals surface area contributed by atoms with Crippen molar-refractivity contribution in [3.8, 4) is 67.2 Å². The van der Waals surface area contributed by atoms with Crippen LogP contribution >= 0.6 is 0 Å². The van der Waals surface area contributed by atoms with E-state index >= 15 is 0 Å². The van der Waals surface area contributed by atoms with Gasteiger partial charge in [0.2, 0.25) is 0 Å². The van der Waals surface area contributed by atoms with Gasteiger partial charge in [-0.1, -0.05) is 141 Å². The molecule has 8 rings (SSSR count). The van der Waals surface area contributed by atoms with E-state index in [9.17, 15) is 0 Å². The Hall–Kier alpha value is -6.13. The molecule has 0 bridgehead atoms. The molecule has 3 aromatic heterocycles. The fourth-order valence-electron chi connectivity index (χ4n) is 7.63. The lowest BCUT2D eigenvalue weighted by Crippen LogP contribution is -2.16. The first-order valence-electron chi connectivity index (χ1n) is 20.4. The first kappa shape index (κ1) is 38.7. The molecule has 8 aromatic rings. The average molecular weight is 759 g/mol. The largest absolute Gasteiger partial charge is 0.342 e. The summed E-state index contributed by atoms with van der Waals surface area (Å²) in [6, 6.07) is 48.4. The maximum absolute atomic E-state index is 5.59. The summed E-state index contributed by atoms with van der Waals surface area (Å²) in [6.45, 7) is 22.6. The Labute approximate surface area is 344 Å². The lowest BCUT2D eigenvalue weighted by molar-refractivity contribution is 0.569. The second-order valence-electron chi connectivity index (χ2n) is 18.9. The summed E-state index contributed by atoms with van der Waals surface area (Å²) in [7, 11) is 0. The molecule has 1 N–H and O–H groups in total. The fourth-order valence-corrected chi connectivity index (χ4v) is 7.63. The highest BCUT2D eigenvalue weighted by Crippen LogP contribution is 2.41. The molecule has 3 heterocycles. The quantitative estimate of drug-likeness (QED) is 0.184. The summed E-state index contributed by atoms with van der Waals surface area (Å²) in [4.78, 5) is 19.1. The second-order valence-corrected chi connectivity index (χ2v) is 18.9. The van der Waals surface area contributed by atoms with Gasteiger partial charge in [-0.05, 0) is 128 Å². The van der Waals surface area contributed by atoms with Gasteiger partial charge in [-0.3, -0.25) is 4.98 Å². The summed E-state index contributed by atoms with van der Waals surface area (Å²) in [5, 5.41) is 0. The first-order valence-corrected chi connectivity index (χ1v) is 20.4. The van der Waals surface area contributed by atoms with Gasteiger partial charge in [-0.25, -0.2) is 9.97 Å². The van der Waals surface area contributed by atoms with Crippen LogP contribution in [0.5, 0.6) is 0 Å². The number of aryl methyl sites for hydroxylation is 1. The summed E-state index contributed by atoms with van der Waals surface area (Å²) in [5.74, 6) is 0.886. The zero-order chi connectivity index (χ0) is 41.0. The highest BCUT2D eigenvalue weighted by atomic mass is 14.9. The summed E-state index contributed by atoms with van der Waals surface area (Å²) < 4.78 is 0. The standard InChI is InChI=1S/C54H54N4/c1-34-56-50-33-45(54(8,9)10)32-46(51(50)57-34)49-30-40(39-26-43(52(2,3)4)31-44(27-39)53(5,6)7)29-48(58-49)42-24-38(36-19-15-12-16-20-36)23-41(25-42)47-28-37(21-22-55-47)35-17-13-11-14-18-35/h11-33H,1-10H3,(H,56,57). The first-order chi connectivity index (χ1) is 27.5. The van der Waals surface area contributed by atoms with E-state index in [1.807, 2.05) is 13.1 Å². The van der Waals surface area contributed by atoms with Crippen molar-refractivity contribution < 1.29 is 0 Å². The van der Waals surface area contributed by atoms with Gasteiger partial charge in [0.25, 0.3) is 0 Å². The van der Waals surface area contributed by atoms with Gasteiger partial charge < -0.3 is 4.98 Å². The smallest absolute Gasteiger partial charge is 0.104 e. The van der Waals surface area contributed by atoms with Crippen molar-refractivity contribution >= 4 is 11.0 Å². The van der Waals surface area contributed by atoms with E-state index in [-0.39, 0.29) is 16.2 Å². The molecule has 0 aliphatic carbocycles. The van der Waals surface area contributed by atoms with Crippen LogP contribution in [0.15, 0.2) is 140 Å². The van der Waals surface area contributed by atoms with Crippen LogP contribution in [0, 0.1) is 6.92 Å². The van der Waals surface area contributed by atoms with E-state index in [1.54, 1.807) is 0 Å². The van der Waals surface area contributed by atoms with Crippen LogP contribution in [0.25, 0.3) is 78.2 Å². The van der Waals surface area contributed by atoms with Crippen molar-refractivity contribution in [2.45, 2.75) is 85.5 Å². The molecule has 0 unspecified atom stereocenters. The van der Waals surface area contributed by atoms with Crippen LogP contribution < -0.4 is 0 Å². The van der Waals surface area contributed by atoms with Crippen molar-refractivity contribution in [1.82, 2.24) is 19.9 Å². The molecule has 5 aromatic carbocycles. The Morgan fingerprint density at radius 3 is 1.48 bits per heavy atom. The minimum atomic E-state index is -0.0842. The monoisotopic (exact) mass is 758 g/mol. The van der Waals surface area contributed by atoms with Crippen molar-refractivity contribution in [3.63, 3.8) is 0 Å². The van der Waals surface area contributed by atoms with Gasteiger partial charge in [-0.2, -0.15) is 0 Å². The number of nitrogens with one attached hydrogen (secondary N) is 1. The number of H-pyrrole nitrogens is 1. The SMILES string of the molecule is Cc1nc2cc(C(C)(C)C)cc(-c3cc(-c4cc(C(C)(C)C)cc(C(C)(C)C)c4)cc(-c4cc(-c5ccccc5)cc(-c5cc(-c6ccccc6)ccn5)c4)n3)c2[nH]1. The van der Waals surface area contributed by atoms with Crippen LogP contribution in [0.4, 0.5) is 0 Å². The Balaban J connectivity index is 1.42. The Bertz CT molecular complexity index is 2740. The molecule has 0 saturated heterocycles. The van der Waals surface area contributed by atoms with Crippen LogP contribution in [-0.4, -0.2) is 19.9 Å². The zero-order valence-electron chi connectivity index (χ0n) is 35.6. The molecule has 0 atom stereocenters. The van der Waals surface area contributed by atoms with Crippen LogP contribution in [0.3, 0.4) is 0 Å². The Morgan fingerprint density at radius 2 is 0.879 bits per heavy atom. The summed E-state index contributed by atoms with van der Waals surface area (Å²) in [5.41, 5.74) is 18.3. The number of aromatic nitrogens is 4. The summed E-state index contributed by atoms with van der Waals surface area (Å²) in [6.07, 6.45) is 1.92. The minimum Gasteiger partial charge on any atom is -0.342 e. The topological polar surface area (TPSA) is 54.5 Å². The number of benzene rings is 5. The van der Waals surface area contributed by atoms with Crippen molar-refractivity contribution in [1.29, 1.82) is 0 Å². The van der Waals surface area contributed by atoms with E-state index in [1.165, 1.54) is 22.3 Å². The van der Waals surface area contributed by atoms with Crippen molar-refractivity contribution in [2.24, 2.45) is 0 Å². The molecular formula is C54H54N4. The minimum absolute atomic E-state index is 0.0322. The normalized spacial score (nSPS) is 12.3. The average Bonchev–Trinajstić information content (AvgIpc) is 3.60. The van der Waals surface area contributed by atoms with E-state index in [4.69, 9.17) is 15.0 Å². The molecule has 58 heavy (non-hydrogen) atoms. The second kappa shape index (κ2) is 14.7. The molecular weight excluding hydrogens is 705 g/mol. The maximum Gasteiger partial charge on any atom is 0.104 e. The number of hydrogen-bond acceptors (Lipinski definition) is 3. The Morgan fingerprint density at radius 1 is 0.397 bits per heavy atom. The molecule has 0 aliphatic rings. The van der Waals surface area contributed by atoms with E-state index in [0.29, 0.717) is 0 Å². The van der Waals surface area contributed by atoms with Gasteiger partial charge in [0.1, 0.15) is 5.82 Å². The molecule has 0 radical (unpaired) electrons. The third kappa shape index (κ3) is 8.02. The lowest BCUT2D eigenvalue weighted by Gasteiger charge is -2.26. The van der Waals surface area contributed by atoms with Crippen LogP contribution in [0.1, 0.15) is 84.8 Å². The van der Waals surface area contributed by atoms with Gasteiger partial charge in [0.05, 0.1) is 28.1 Å². The molecule has 4 nitrogen and oxygen atoms in total. The van der Waals surface area contributed by atoms with E-state index < -0.39 is 0 Å². The number of imidazole rings is 1. The van der Waals surface area contributed by atoms with Crippen molar-refractivity contribution in [3.05, 3.63) is 162 Å². The number of hydrogen-bond donors (Lipinski definition) is 1. The zero-order valence-corrected chi connectivity index (χ0v) is 35.6. The third-order valence-electron chi connectivity index (χ3n) is 11.2. The lowest BCUT2D eigenvalue weighted by atomic mass is 9.79. The third-order valence-corrected chi connectivity index (χ3v) is 11.2. The molecule has 0 fully saturated rings. The van der Waals surface area contributed by atoms with E-state index in [2.05, 4.69) is 201 Å². The number of pyridine rings is 2. The number of fused-ring (bicyclic) bond motifs is 1. The molecule has 0 saturated carbocycles. The number of nitrogens with zero attached hydrogens (tertiary/aromatic N) is 3. The van der Waals surface area contributed by atoms with E-state index in [0.717, 1.165) is 78.4 Å². The number of rotatable bonds is 6. The van der Waals surface area contributed by atoms with Crippen LogP contribution in [0.2, 0.25) is 0 Å². The van der Waals surface area contributed by atoms with Gasteiger partial charge >= 0.3 is 0 Å². The molecule has 290 valence electrons. The Kier molecular flexibility index (Phi) is 9.80. The molecule has 0 spiro atoms. The van der Waals surface area contributed by atoms with Gasteiger partial charge in [0.15, 0.2) is 0 Å². The molecule has 0 aliphatic heterocycles. The van der Waals surface area contributed by atoms with Crippen LogP contribution in [-0.2, 0) is 16.2 Å². The van der Waals surface area contributed by atoms with Gasteiger partial charge in [0, 0.05) is 22.9 Å². The molecule has 4 heteroatoms. The predicted octanol–water partition coefficient (Wildman–Crippen LogP) is 14.6. The number of aromatic amines is 1. The summed E-state index contributed by atoms with van der Waals surface area (Å²) >= 11 is 0. The van der Waals surface area contributed by atoms with Crippen molar-refractivity contribution in [2.75, 3.05) is 0 Å². The fraction of sp³-hybridized carbons (Fsp3) is 0.241.